The van der Waals surface area contributed by atoms with Crippen LogP contribution >= 0.6 is 11.6 Å². The second-order valence-corrected chi connectivity index (χ2v) is 4.41. The van der Waals surface area contributed by atoms with Gasteiger partial charge in [0.25, 0.3) is 0 Å². The van der Waals surface area contributed by atoms with E-state index in [0.29, 0.717) is 5.15 Å². The van der Waals surface area contributed by atoms with Crippen LogP contribution in [0.2, 0.25) is 5.15 Å². The molecule has 0 unspecified atom stereocenters. The van der Waals surface area contributed by atoms with Gasteiger partial charge in [-0.25, -0.2) is 0 Å². The normalized spacial score (nSPS) is 10.6. The lowest BCUT2D eigenvalue weighted by Crippen LogP contribution is -2.19. The van der Waals surface area contributed by atoms with Crippen molar-refractivity contribution in [3.8, 4) is 0 Å². The van der Waals surface area contributed by atoms with Crippen LogP contribution in [0.4, 0.5) is 5.82 Å². The van der Waals surface area contributed by atoms with Crippen LogP contribution in [0.3, 0.4) is 0 Å². The summed E-state index contributed by atoms with van der Waals surface area (Å²) in [6.45, 7) is 4.67. The van der Waals surface area contributed by atoms with Crippen molar-refractivity contribution >= 4 is 17.4 Å². The molecule has 0 bridgehead atoms. The van der Waals surface area contributed by atoms with Gasteiger partial charge in [0.05, 0.1) is 12.5 Å². The van der Waals surface area contributed by atoms with E-state index in [1.807, 2.05) is 31.9 Å². The molecule has 0 fully saturated rings. The van der Waals surface area contributed by atoms with Crippen LogP contribution in [0.5, 0.6) is 0 Å². The Bertz CT molecular complexity index is 511. The Hall–Kier alpha value is -1.55. The first kappa shape index (κ1) is 11.9. The third kappa shape index (κ3) is 2.42. The molecular weight excluding hydrogens is 238 g/mol. The van der Waals surface area contributed by atoms with E-state index in [2.05, 4.69) is 10.2 Å². The zero-order chi connectivity index (χ0) is 12.4. The monoisotopic (exact) mass is 251 g/mol. The molecule has 2 heterocycles. The van der Waals surface area contributed by atoms with Crippen LogP contribution in [0.1, 0.15) is 16.7 Å². The smallest absolute Gasteiger partial charge is 0.155 e. The molecule has 2 aromatic heterocycles. The SMILES string of the molecule is Cc1c(Cl)nnc(N(C)Cc2ccoc2)c1C. The van der Waals surface area contributed by atoms with E-state index in [-0.39, 0.29) is 0 Å². The van der Waals surface area contributed by atoms with Crippen LogP contribution in [0.25, 0.3) is 0 Å². The van der Waals surface area contributed by atoms with Crippen molar-refractivity contribution in [2.24, 2.45) is 0 Å². The molecule has 90 valence electrons. The van der Waals surface area contributed by atoms with Gasteiger partial charge in [-0.2, -0.15) is 0 Å². The maximum absolute atomic E-state index is 5.93. The summed E-state index contributed by atoms with van der Waals surface area (Å²) in [5.74, 6) is 0.841. The van der Waals surface area contributed by atoms with Crippen molar-refractivity contribution in [3.05, 3.63) is 40.4 Å². The highest BCUT2D eigenvalue weighted by Gasteiger charge is 2.12. The molecule has 0 N–H and O–H groups in total. The number of hydrogen-bond acceptors (Lipinski definition) is 4. The van der Waals surface area contributed by atoms with E-state index in [1.165, 1.54) is 0 Å². The van der Waals surface area contributed by atoms with Gasteiger partial charge in [0, 0.05) is 19.2 Å². The molecule has 2 rings (SSSR count). The molecular formula is C12H14ClN3O. The number of rotatable bonds is 3. The number of furan rings is 1. The summed E-state index contributed by atoms with van der Waals surface area (Å²) >= 11 is 5.93. The summed E-state index contributed by atoms with van der Waals surface area (Å²) in [7, 11) is 1.97. The van der Waals surface area contributed by atoms with Gasteiger partial charge in [0.15, 0.2) is 11.0 Å². The van der Waals surface area contributed by atoms with Gasteiger partial charge < -0.3 is 9.32 Å². The molecule has 0 aliphatic rings. The van der Waals surface area contributed by atoms with Gasteiger partial charge in [-0.3, -0.25) is 0 Å². The topological polar surface area (TPSA) is 42.2 Å². The largest absolute Gasteiger partial charge is 0.472 e. The van der Waals surface area contributed by atoms with Crippen molar-refractivity contribution in [2.75, 3.05) is 11.9 Å². The highest BCUT2D eigenvalue weighted by Crippen LogP contribution is 2.23. The number of aromatic nitrogens is 2. The molecule has 4 nitrogen and oxygen atoms in total. The van der Waals surface area contributed by atoms with Crippen molar-refractivity contribution in [3.63, 3.8) is 0 Å². The second-order valence-electron chi connectivity index (χ2n) is 4.05. The van der Waals surface area contributed by atoms with E-state index >= 15 is 0 Å². The van der Waals surface area contributed by atoms with Crippen LogP contribution in [-0.2, 0) is 6.54 Å². The van der Waals surface area contributed by atoms with E-state index < -0.39 is 0 Å². The minimum absolute atomic E-state index is 0.461. The number of hydrogen-bond donors (Lipinski definition) is 0. The molecule has 0 saturated carbocycles. The molecule has 17 heavy (non-hydrogen) atoms. The van der Waals surface area contributed by atoms with E-state index in [1.54, 1.807) is 12.5 Å². The van der Waals surface area contributed by atoms with Gasteiger partial charge in [0.2, 0.25) is 0 Å². The maximum atomic E-state index is 5.93. The summed E-state index contributed by atoms with van der Waals surface area (Å²) in [5.41, 5.74) is 3.12. The highest BCUT2D eigenvalue weighted by molar-refractivity contribution is 6.30. The molecule has 0 spiro atoms. The molecule has 0 aliphatic heterocycles. The Labute approximate surface area is 105 Å². The summed E-state index contributed by atoms with van der Waals surface area (Å²) < 4.78 is 5.04. The summed E-state index contributed by atoms with van der Waals surface area (Å²) in [5, 5.41) is 8.53. The Morgan fingerprint density at radius 3 is 2.71 bits per heavy atom. The number of halogens is 1. The maximum Gasteiger partial charge on any atom is 0.155 e. The molecule has 0 aromatic carbocycles. The van der Waals surface area contributed by atoms with Crippen LogP contribution in [-0.4, -0.2) is 17.2 Å². The third-order valence-electron chi connectivity index (χ3n) is 2.80. The Kier molecular flexibility index (Phi) is 3.33. The van der Waals surface area contributed by atoms with Crippen LogP contribution in [0, 0.1) is 13.8 Å². The zero-order valence-corrected chi connectivity index (χ0v) is 10.8. The lowest BCUT2D eigenvalue weighted by Gasteiger charge is -2.19. The quantitative estimate of drug-likeness (QED) is 0.841. The third-order valence-corrected chi connectivity index (χ3v) is 3.16. The average molecular weight is 252 g/mol. The van der Waals surface area contributed by atoms with Crippen molar-refractivity contribution in [1.82, 2.24) is 10.2 Å². The fourth-order valence-electron chi connectivity index (χ4n) is 1.66. The van der Waals surface area contributed by atoms with E-state index in [9.17, 15) is 0 Å². The van der Waals surface area contributed by atoms with Gasteiger partial charge in [-0.15, -0.1) is 10.2 Å². The van der Waals surface area contributed by atoms with Crippen LogP contribution < -0.4 is 4.90 Å². The molecule has 2 aromatic rings. The van der Waals surface area contributed by atoms with Gasteiger partial charge in [-0.1, -0.05) is 11.6 Å². The minimum atomic E-state index is 0.461. The predicted octanol–water partition coefficient (Wildman–Crippen LogP) is 2.98. The Morgan fingerprint density at radius 2 is 2.06 bits per heavy atom. The molecule has 5 heteroatoms. The second kappa shape index (κ2) is 4.75. The molecule has 0 aliphatic carbocycles. The lowest BCUT2D eigenvalue weighted by molar-refractivity contribution is 0.563. The van der Waals surface area contributed by atoms with Crippen molar-refractivity contribution in [1.29, 1.82) is 0 Å². The average Bonchev–Trinajstić information content (AvgIpc) is 2.78. The number of nitrogens with zero attached hydrogens (tertiary/aromatic N) is 3. The lowest BCUT2D eigenvalue weighted by atomic mass is 10.2. The Morgan fingerprint density at radius 1 is 1.29 bits per heavy atom. The first-order valence-corrected chi connectivity index (χ1v) is 5.69. The fraction of sp³-hybridized carbons (Fsp3) is 0.333. The van der Waals surface area contributed by atoms with Crippen molar-refractivity contribution in [2.45, 2.75) is 20.4 Å². The van der Waals surface area contributed by atoms with E-state index in [4.69, 9.17) is 16.0 Å². The molecule has 0 amide bonds. The predicted molar refractivity (Wildman–Crippen MR) is 67.3 cm³/mol. The minimum Gasteiger partial charge on any atom is -0.472 e. The van der Waals surface area contributed by atoms with Gasteiger partial charge in [0.1, 0.15) is 0 Å². The summed E-state index contributed by atoms with van der Waals surface area (Å²) in [6, 6.07) is 1.93. The zero-order valence-electron chi connectivity index (χ0n) is 10.1. The molecule has 0 atom stereocenters. The van der Waals surface area contributed by atoms with Gasteiger partial charge in [-0.05, 0) is 31.0 Å². The summed E-state index contributed by atoms with van der Waals surface area (Å²) in [4.78, 5) is 2.02. The summed E-state index contributed by atoms with van der Waals surface area (Å²) in [6.07, 6.45) is 3.39. The number of anilines is 1. The molecule has 0 saturated heterocycles. The first-order valence-electron chi connectivity index (χ1n) is 5.31. The van der Waals surface area contributed by atoms with Crippen molar-refractivity contribution < 1.29 is 4.42 Å². The first-order chi connectivity index (χ1) is 8.09. The van der Waals surface area contributed by atoms with Crippen LogP contribution in [0.15, 0.2) is 23.0 Å². The van der Waals surface area contributed by atoms with E-state index in [0.717, 1.165) is 29.1 Å². The fourth-order valence-corrected chi connectivity index (χ4v) is 1.84. The van der Waals surface area contributed by atoms with Gasteiger partial charge >= 0.3 is 0 Å². The standard InChI is InChI=1S/C12H14ClN3O/c1-8-9(2)12(15-14-11(8)13)16(3)6-10-4-5-17-7-10/h4-5,7H,6H2,1-3H3. The molecule has 0 radical (unpaired) electrons. The highest BCUT2D eigenvalue weighted by atomic mass is 35.5. The Balaban J connectivity index is 2.25.